The molecule has 152 valence electrons. The molecule has 0 spiro atoms. The van der Waals surface area contributed by atoms with Gasteiger partial charge in [0.05, 0.1) is 6.04 Å². The average molecular weight is 411 g/mol. The number of rotatable bonds is 6. The molecule has 0 aliphatic carbocycles. The van der Waals surface area contributed by atoms with Crippen molar-refractivity contribution < 1.29 is 4.39 Å². The normalized spacial score (nSPS) is 17.2. The van der Waals surface area contributed by atoms with Crippen LogP contribution in [0.3, 0.4) is 0 Å². The molecule has 0 N–H and O–H groups in total. The number of nitrogens with zero attached hydrogens (tertiary/aromatic N) is 4. The highest BCUT2D eigenvalue weighted by atomic mass is 32.2. The van der Waals surface area contributed by atoms with Crippen molar-refractivity contribution in [3.63, 3.8) is 0 Å². The van der Waals surface area contributed by atoms with Crippen molar-refractivity contribution in [2.24, 2.45) is 0 Å². The van der Waals surface area contributed by atoms with Gasteiger partial charge in [0, 0.05) is 10.9 Å². The fourth-order valence-electron chi connectivity index (χ4n) is 3.88. The SMILES string of the molecule is C[C@@H](Sc1nnc([C@H](C)N2CCCCC2)n1-c1ccc(F)cc1)c1ccccc1. The van der Waals surface area contributed by atoms with Gasteiger partial charge < -0.3 is 0 Å². The lowest BCUT2D eigenvalue weighted by Gasteiger charge is -2.32. The second kappa shape index (κ2) is 9.09. The fourth-order valence-corrected chi connectivity index (χ4v) is 4.88. The van der Waals surface area contributed by atoms with Crippen molar-refractivity contribution >= 4 is 11.8 Å². The summed E-state index contributed by atoms with van der Waals surface area (Å²) in [5, 5.41) is 10.2. The third kappa shape index (κ3) is 4.54. The number of piperidine rings is 1. The highest BCUT2D eigenvalue weighted by Gasteiger charge is 2.26. The van der Waals surface area contributed by atoms with Crippen molar-refractivity contribution in [1.82, 2.24) is 19.7 Å². The molecule has 2 atom stereocenters. The van der Waals surface area contributed by atoms with Gasteiger partial charge in [0.2, 0.25) is 0 Å². The van der Waals surface area contributed by atoms with Gasteiger partial charge in [0.1, 0.15) is 5.82 Å². The van der Waals surface area contributed by atoms with Gasteiger partial charge in [-0.15, -0.1) is 10.2 Å². The van der Waals surface area contributed by atoms with Crippen LogP contribution in [0.4, 0.5) is 4.39 Å². The first kappa shape index (κ1) is 20.1. The lowest BCUT2D eigenvalue weighted by molar-refractivity contribution is 0.167. The lowest BCUT2D eigenvalue weighted by atomic mass is 10.1. The molecule has 29 heavy (non-hydrogen) atoms. The van der Waals surface area contributed by atoms with Gasteiger partial charge in [-0.05, 0) is 69.6 Å². The highest BCUT2D eigenvalue weighted by Crippen LogP contribution is 2.36. The molecule has 2 heterocycles. The van der Waals surface area contributed by atoms with E-state index in [2.05, 4.69) is 57.8 Å². The quantitative estimate of drug-likeness (QED) is 0.481. The molecule has 0 saturated carbocycles. The second-order valence-electron chi connectivity index (χ2n) is 7.60. The molecule has 1 aliphatic rings. The maximum absolute atomic E-state index is 13.6. The fraction of sp³-hybridized carbons (Fsp3) is 0.391. The van der Waals surface area contributed by atoms with Gasteiger partial charge in [-0.25, -0.2) is 4.39 Å². The Kier molecular flexibility index (Phi) is 6.31. The molecular weight excluding hydrogens is 383 g/mol. The first-order valence-corrected chi connectivity index (χ1v) is 11.2. The number of benzene rings is 2. The zero-order valence-electron chi connectivity index (χ0n) is 17.0. The Morgan fingerprint density at radius 3 is 2.28 bits per heavy atom. The van der Waals surface area contributed by atoms with E-state index in [1.54, 1.807) is 11.8 Å². The average Bonchev–Trinajstić information content (AvgIpc) is 3.18. The van der Waals surface area contributed by atoms with Gasteiger partial charge in [0.25, 0.3) is 0 Å². The molecule has 1 aromatic heterocycles. The highest BCUT2D eigenvalue weighted by molar-refractivity contribution is 7.99. The second-order valence-corrected chi connectivity index (χ2v) is 8.90. The predicted molar refractivity (Wildman–Crippen MR) is 116 cm³/mol. The van der Waals surface area contributed by atoms with Gasteiger partial charge in [-0.1, -0.05) is 48.5 Å². The summed E-state index contributed by atoms with van der Waals surface area (Å²) in [6, 6.07) is 17.2. The minimum absolute atomic E-state index is 0.161. The van der Waals surface area contributed by atoms with E-state index in [9.17, 15) is 4.39 Å². The summed E-state index contributed by atoms with van der Waals surface area (Å²) in [5.41, 5.74) is 2.15. The van der Waals surface area contributed by atoms with Crippen LogP contribution in [0.1, 0.15) is 55.8 Å². The lowest BCUT2D eigenvalue weighted by Crippen LogP contribution is -2.33. The first-order chi connectivity index (χ1) is 14.1. The Hall–Kier alpha value is -2.18. The van der Waals surface area contributed by atoms with Gasteiger partial charge in [0.15, 0.2) is 11.0 Å². The monoisotopic (exact) mass is 410 g/mol. The van der Waals surface area contributed by atoms with Crippen LogP contribution in [-0.4, -0.2) is 32.8 Å². The van der Waals surface area contributed by atoms with E-state index >= 15 is 0 Å². The van der Waals surface area contributed by atoms with Crippen LogP contribution in [0, 0.1) is 5.82 Å². The Labute approximate surface area is 176 Å². The first-order valence-electron chi connectivity index (χ1n) is 10.3. The van der Waals surface area contributed by atoms with E-state index in [-0.39, 0.29) is 17.1 Å². The number of likely N-dealkylation sites (tertiary alicyclic amines) is 1. The van der Waals surface area contributed by atoms with Gasteiger partial charge in [-0.2, -0.15) is 0 Å². The summed E-state index contributed by atoms with van der Waals surface area (Å²) in [5.74, 6) is 0.681. The van der Waals surface area contributed by atoms with Crippen LogP contribution in [0.25, 0.3) is 5.69 Å². The largest absolute Gasteiger partial charge is 0.294 e. The summed E-state index contributed by atoms with van der Waals surface area (Å²) in [4.78, 5) is 2.47. The van der Waals surface area contributed by atoms with Crippen molar-refractivity contribution in [2.75, 3.05) is 13.1 Å². The van der Waals surface area contributed by atoms with E-state index in [1.807, 2.05) is 18.2 Å². The molecule has 1 saturated heterocycles. The van der Waals surface area contributed by atoms with Crippen molar-refractivity contribution in [3.05, 3.63) is 71.8 Å². The number of hydrogen-bond acceptors (Lipinski definition) is 4. The summed E-state index contributed by atoms with van der Waals surface area (Å²) < 4.78 is 15.7. The third-order valence-electron chi connectivity index (χ3n) is 5.61. The van der Waals surface area contributed by atoms with E-state index in [0.29, 0.717) is 0 Å². The third-order valence-corrected chi connectivity index (χ3v) is 6.71. The number of aromatic nitrogens is 3. The number of halogens is 1. The van der Waals surface area contributed by atoms with Crippen LogP contribution in [0.2, 0.25) is 0 Å². The van der Waals surface area contributed by atoms with Crippen molar-refractivity contribution in [2.45, 2.75) is 49.6 Å². The maximum atomic E-state index is 13.6. The zero-order valence-corrected chi connectivity index (χ0v) is 17.8. The van der Waals surface area contributed by atoms with Crippen LogP contribution in [-0.2, 0) is 0 Å². The molecule has 4 rings (SSSR count). The standard InChI is InChI=1S/C23H27FN4S/c1-17(27-15-7-4-8-16-27)22-25-26-23(28(22)21-13-11-20(24)12-14-21)29-18(2)19-9-5-3-6-10-19/h3,5-6,9-14,17-18H,4,7-8,15-16H2,1-2H3/t17-,18+/m0/s1. The minimum Gasteiger partial charge on any atom is -0.294 e. The molecule has 1 fully saturated rings. The molecule has 1 aliphatic heterocycles. The van der Waals surface area contributed by atoms with Crippen LogP contribution >= 0.6 is 11.8 Å². The van der Waals surface area contributed by atoms with E-state index in [0.717, 1.165) is 29.8 Å². The summed E-state index contributed by atoms with van der Waals surface area (Å²) in [6.07, 6.45) is 3.74. The molecule has 6 heteroatoms. The molecule has 0 amide bonds. The molecule has 2 aromatic carbocycles. The summed E-state index contributed by atoms with van der Waals surface area (Å²) >= 11 is 1.68. The van der Waals surface area contributed by atoms with E-state index < -0.39 is 0 Å². The van der Waals surface area contributed by atoms with Gasteiger partial charge in [-0.3, -0.25) is 9.47 Å². The van der Waals surface area contributed by atoms with Crippen LogP contribution < -0.4 is 0 Å². The molecule has 0 radical (unpaired) electrons. The Morgan fingerprint density at radius 2 is 1.59 bits per heavy atom. The molecule has 4 nitrogen and oxygen atoms in total. The summed E-state index contributed by atoms with van der Waals surface area (Å²) in [6.45, 7) is 6.54. The van der Waals surface area contributed by atoms with Crippen molar-refractivity contribution in [3.8, 4) is 5.69 Å². The van der Waals surface area contributed by atoms with Crippen LogP contribution in [0.15, 0.2) is 59.8 Å². The maximum Gasteiger partial charge on any atom is 0.196 e. The Balaban J connectivity index is 1.69. The van der Waals surface area contributed by atoms with Gasteiger partial charge >= 0.3 is 0 Å². The van der Waals surface area contributed by atoms with E-state index in [4.69, 9.17) is 0 Å². The predicted octanol–water partition coefficient (Wildman–Crippen LogP) is 5.81. The smallest absolute Gasteiger partial charge is 0.196 e. The molecule has 0 bridgehead atoms. The molecular formula is C23H27FN4S. The minimum atomic E-state index is -0.237. The zero-order chi connectivity index (χ0) is 20.2. The molecule has 3 aromatic rings. The Morgan fingerprint density at radius 1 is 0.897 bits per heavy atom. The van der Waals surface area contributed by atoms with Crippen LogP contribution in [0.5, 0.6) is 0 Å². The van der Waals surface area contributed by atoms with Crippen molar-refractivity contribution in [1.29, 1.82) is 0 Å². The number of thioether (sulfide) groups is 1. The van der Waals surface area contributed by atoms with E-state index in [1.165, 1.54) is 37.0 Å². The molecule has 0 unspecified atom stereocenters. The number of hydrogen-bond donors (Lipinski definition) is 0. The topological polar surface area (TPSA) is 34.0 Å². The Bertz CT molecular complexity index is 920. The summed E-state index contributed by atoms with van der Waals surface area (Å²) in [7, 11) is 0.